The zero-order chi connectivity index (χ0) is 23.8. The Hall–Kier alpha value is -4.03. The average Bonchev–Trinajstić information content (AvgIpc) is 3.42. The lowest BCUT2D eigenvalue weighted by atomic mass is 9.85. The summed E-state index contributed by atoms with van der Waals surface area (Å²) in [5.74, 6) is 4.69. The van der Waals surface area contributed by atoms with Crippen LogP contribution < -0.4 is 19.5 Å². The Morgan fingerprint density at radius 3 is 2.82 bits per heavy atom. The van der Waals surface area contributed by atoms with E-state index in [0.717, 1.165) is 32.8 Å². The first-order valence-corrected chi connectivity index (χ1v) is 11.4. The molecule has 172 valence electrons. The Kier molecular flexibility index (Phi) is 5.59. The van der Waals surface area contributed by atoms with Crippen LogP contribution in [-0.2, 0) is 4.79 Å². The third-order valence-corrected chi connectivity index (χ3v) is 6.76. The van der Waals surface area contributed by atoms with Crippen LogP contribution >= 0.6 is 11.3 Å². The molecule has 1 N–H and O–H groups in total. The maximum atomic E-state index is 12.8. The van der Waals surface area contributed by atoms with Crippen molar-refractivity contribution < 1.29 is 19.0 Å². The molecule has 0 saturated carbocycles. The maximum Gasteiger partial charge on any atom is 0.226 e. The first-order chi connectivity index (χ1) is 16.5. The number of hydrogen-bond acceptors (Lipinski definition) is 7. The Balaban J connectivity index is 1.58. The van der Waals surface area contributed by atoms with Crippen molar-refractivity contribution in [1.82, 2.24) is 14.8 Å². The third kappa shape index (κ3) is 3.72. The molecule has 2 aromatic heterocycles. The van der Waals surface area contributed by atoms with Crippen LogP contribution in [0.15, 0.2) is 36.4 Å². The third-order valence-electron chi connectivity index (χ3n) is 5.77. The Labute approximate surface area is 200 Å². The number of rotatable bonds is 6. The number of fused-ring (bicyclic) bond motifs is 2. The fourth-order valence-electron chi connectivity index (χ4n) is 4.22. The molecule has 3 heterocycles. The number of carbonyl (C=O) groups excluding carboxylic acids is 1. The molecule has 0 saturated heterocycles. The lowest BCUT2D eigenvalue weighted by Gasteiger charge is -2.24. The van der Waals surface area contributed by atoms with Gasteiger partial charge in [0.15, 0.2) is 11.5 Å². The fraction of sp³-hybridized carbons (Fsp3) is 0.240. The van der Waals surface area contributed by atoms with Crippen molar-refractivity contribution in [3.8, 4) is 34.7 Å². The molecule has 0 aliphatic carbocycles. The lowest BCUT2D eigenvalue weighted by molar-refractivity contribution is -0.116. The first kappa shape index (κ1) is 21.8. The summed E-state index contributed by atoms with van der Waals surface area (Å²) in [6.07, 6.45) is 5.61. The van der Waals surface area contributed by atoms with Gasteiger partial charge in [0.05, 0.1) is 30.1 Å². The van der Waals surface area contributed by atoms with Crippen molar-refractivity contribution >= 4 is 33.3 Å². The molecule has 4 aromatic rings. The molecule has 1 aliphatic heterocycles. The topological polar surface area (TPSA) is 87.5 Å². The van der Waals surface area contributed by atoms with Crippen molar-refractivity contribution in [1.29, 1.82) is 0 Å². The van der Waals surface area contributed by atoms with Crippen molar-refractivity contribution in [3.63, 3.8) is 0 Å². The van der Waals surface area contributed by atoms with Gasteiger partial charge in [0, 0.05) is 17.9 Å². The van der Waals surface area contributed by atoms with Crippen LogP contribution in [0.4, 0.5) is 5.82 Å². The minimum Gasteiger partial charge on any atom is -0.497 e. The smallest absolute Gasteiger partial charge is 0.226 e. The molecule has 34 heavy (non-hydrogen) atoms. The SMILES string of the molecule is C#CCOc1ccc([C@@H]2CC(=O)Nc3c2c(C)nn3-c2nc3ccc(OC)cc3s2)cc1OC. The first-order valence-electron chi connectivity index (χ1n) is 10.6. The van der Waals surface area contributed by atoms with E-state index in [1.54, 1.807) is 18.9 Å². The van der Waals surface area contributed by atoms with E-state index in [9.17, 15) is 4.79 Å². The standard InChI is InChI=1S/C25H22N4O4S/c1-5-10-33-19-9-6-15(11-20(19)32-4)17-13-22(30)27-24-23(17)14(2)28-29(24)25-26-18-8-7-16(31-3)12-21(18)34-25/h1,6-9,11-12,17H,10,13H2,2-4H3,(H,27,30)/t17-/m0/s1. The molecule has 0 fully saturated rings. The van der Waals surface area contributed by atoms with Crippen molar-refractivity contribution in [2.75, 3.05) is 26.1 Å². The van der Waals surface area contributed by atoms with Gasteiger partial charge in [-0.2, -0.15) is 9.78 Å². The Morgan fingerprint density at radius 1 is 1.21 bits per heavy atom. The molecule has 8 nitrogen and oxygen atoms in total. The van der Waals surface area contributed by atoms with Gasteiger partial charge in [-0.25, -0.2) is 4.98 Å². The molecular formula is C25H22N4O4S. The minimum absolute atomic E-state index is 0.0898. The summed E-state index contributed by atoms with van der Waals surface area (Å²) in [6.45, 7) is 2.09. The molecule has 2 aromatic carbocycles. The van der Waals surface area contributed by atoms with E-state index < -0.39 is 0 Å². The molecule has 0 unspecified atom stereocenters. The zero-order valence-corrected chi connectivity index (χ0v) is 19.7. The molecule has 1 aliphatic rings. The number of nitrogens with one attached hydrogen (secondary N) is 1. The van der Waals surface area contributed by atoms with Crippen molar-refractivity contribution in [2.45, 2.75) is 19.3 Å². The maximum absolute atomic E-state index is 12.8. The van der Waals surface area contributed by atoms with E-state index in [1.165, 1.54) is 11.3 Å². The van der Waals surface area contributed by atoms with Gasteiger partial charge in [0.25, 0.3) is 0 Å². The van der Waals surface area contributed by atoms with Gasteiger partial charge in [-0.3, -0.25) is 4.79 Å². The highest BCUT2D eigenvalue weighted by molar-refractivity contribution is 7.20. The number of carbonyl (C=O) groups is 1. The molecule has 0 bridgehead atoms. The van der Waals surface area contributed by atoms with Crippen LogP contribution in [0.3, 0.4) is 0 Å². The van der Waals surface area contributed by atoms with Crippen LogP contribution in [0.2, 0.25) is 0 Å². The number of terminal acetylenes is 1. The van der Waals surface area contributed by atoms with Crippen LogP contribution in [0.1, 0.15) is 29.2 Å². The van der Waals surface area contributed by atoms with E-state index in [-0.39, 0.29) is 18.4 Å². The summed E-state index contributed by atoms with van der Waals surface area (Å²) in [5.41, 5.74) is 3.55. The molecule has 9 heteroatoms. The summed E-state index contributed by atoms with van der Waals surface area (Å²) in [5, 5.41) is 8.43. The van der Waals surface area contributed by atoms with E-state index >= 15 is 0 Å². The largest absolute Gasteiger partial charge is 0.497 e. The van der Waals surface area contributed by atoms with E-state index in [0.29, 0.717) is 28.9 Å². The van der Waals surface area contributed by atoms with Crippen LogP contribution in [0.25, 0.3) is 15.3 Å². The van der Waals surface area contributed by atoms with Gasteiger partial charge in [-0.05, 0) is 42.8 Å². The molecule has 0 radical (unpaired) electrons. The quantitative estimate of drug-likeness (QED) is 0.420. The van der Waals surface area contributed by atoms with Crippen LogP contribution in [0, 0.1) is 19.3 Å². The van der Waals surface area contributed by atoms with Crippen molar-refractivity contribution in [3.05, 3.63) is 53.2 Å². The highest BCUT2D eigenvalue weighted by atomic mass is 32.1. The molecular weight excluding hydrogens is 452 g/mol. The highest BCUT2D eigenvalue weighted by Crippen LogP contribution is 2.43. The molecule has 5 rings (SSSR count). The summed E-state index contributed by atoms with van der Waals surface area (Å²) in [7, 11) is 3.21. The number of anilines is 1. The van der Waals surface area contributed by atoms with Gasteiger partial charge in [-0.1, -0.05) is 23.3 Å². The predicted molar refractivity (Wildman–Crippen MR) is 130 cm³/mol. The molecule has 1 amide bonds. The molecule has 1 atom stereocenters. The summed E-state index contributed by atoms with van der Waals surface area (Å²) < 4.78 is 19.1. The van der Waals surface area contributed by atoms with Gasteiger partial charge in [0.1, 0.15) is 18.2 Å². The van der Waals surface area contributed by atoms with Crippen molar-refractivity contribution in [2.24, 2.45) is 0 Å². The lowest BCUT2D eigenvalue weighted by Crippen LogP contribution is -2.25. The van der Waals surface area contributed by atoms with E-state index in [1.807, 2.05) is 43.3 Å². The zero-order valence-electron chi connectivity index (χ0n) is 18.9. The van der Waals surface area contributed by atoms with Gasteiger partial charge >= 0.3 is 0 Å². The second-order valence-corrected chi connectivity index (χ2v) is 8.81. The second kappa shape index (κ2) is 8.72. The molecule has 0 spiro atoms. The van der Waals surface area contributed by atoms with E-state index in [4.69, 9.17) is 30.7 Å². The summed E-state index contributed by atoms with van der Waals surface area (Å²) >= 11 is 1.49. The minimum atomic E-state index is -0.192. The predicted octanol–water partition coefficient (Wildman–Crippen LogP) is 4.29. The second-order valence-electron chi connectivity index (χ2n) is 7.80. The number of amides is 1. The average molecular weight is 475 g/mol. The number of methoxy groups -OCH3 is 2. The van der Waals surface area contributed by atoms with Gasteiger partial charge in [0.2, 0.25) is 11.0 Å². The number of ether oxygens (including phenoxy) is 3. The number of aryl methyl sites for hydroxylation is 1. The monoisotopic (exact) mass is 474 g/mol. The van der Waals surface area contributed by atoms with Gasteiger partial charge < -0.3 is 19.5 Å². The fourth-order valence-corrected chi connectivity index (χ4v) is 5.17. The Bertz CT molecular complexity index is 1450. The normalized spacial score (nSPS) is 14.9. The number of hydrogen-bond donors (Lipinski definition) is 1. The number of benzene rings is 2. The highest BCUT2D eigenvalue weighted by Gasteiger charge is 2.33. The van der Waals surface area contributed by atoms with E-state index in [2.05, 4.69) is 11.2 Å². The van der Waals surface area contributed by atoms with Crippen LogP contribution in [0.5, 0.6) is 17.2 Å². The Morgan fingerprint density at radius 2 is 2.06 bits per heavy atom. The number of aromatic nitrogens is 3. The van der Waals surface area contributed by atoms with Gasteiger partial charge in [-0.15, -0.1) is 6.42 Å². The summed E-state index contributed by atoms with van der Waals surface area (Å²) in [4.78, 5) is 17.5. The summed E-state index contributed by atoms with van der Waals surface area (Å²) in [6, 6.07) is 11.4. The van der Waals surface area contributed by atoms with Crippen LogP contribution in [-0.4, -0.2) is 41.5 Å². The number of thiazole rings is 1. The number of nitrogens with zero attached hydrogens (tertiary/aromatic N) is 3.